The second-order valence-corrected chi connectivity index (χ2v) is 15.1. The Bertz CT molecular complexity index is 279. The van der Waals surface area contributed by atoms with E-state index in [0.29, 0.717) is 6.10 Å². The summed E-state index contributed by atoms with van der Waals surface area (Å²) in [7, 11) is -3.35. The van der Waals surface area contributed by atoms with Crippen molar-refractivity contribution in [3.05, 3.63) is 0 Å². The molecule has 1 fully saturated rings. The summed E-state index contributed by atoms with van der Waals surface area (Å²) in [4.78, 5) is 0. The molecular formula is C16H38O4Si2. The van der Waals surface area contributed by atoms with Gasteiger partial charge in [-0.1, -0.05) is 20.3 Å². The molecule has 0 spiro atoms. The van der Waals surface area contributed by atoms with Gasteiger partial charge >= 0.3 is 8.56 Å². The molecule has 6 heteroatoms. The van der Waals surface area contributed by atoms with Gasteiger partial charge in [-0.25, -0.2) is 0 Å². The van der Waals surface area contributed by atoms with Crippen LogP contribution in [0.5, 0.6) is 0 Å². The zero-order valence-electron chi connectivity index (χ0n) is 16.0. The Labute approximate surface area is 140 Å². The summed E-state index contributed by atoms with van der Waals surface area (Å²) in [6.45, 7) is 19.9. The van der Waals surface area contributed by atoms with Crippen LogP contribution in [0.15, 0.2) is 0 Å². The molecule has 1 heterocycles. The fourth-order valence-electron chi connectivity index (χ4n) is 2.43. The Hall–Kier alpha value is 0.274. The lowest BCUT2D eigenvalue weighted by Gasteiger charge is -2.34. The van der Waals surface area contributed by atoms with E-state index in [4.69, 9.17) is 18.0 Å². The van der Waals surface area contributed by atoms with Crippen molar-refractivity contribution in [1.82, 2.24) is 0 Å². The third kappa shape index (κ3) is 13.9. The first-order valence-electron chi connectivity index (χ1n) is 8.69. The van der Waals surface area contributed by atoms with Crippen LogP contribution >= 0.6 is 0 Å². The van der Waals surface area contributed by atoms with Gasteiger partial charge in [-0.15, -0.1) is 0 Å². The fraction of sp³-hybridized carbons (Fsp3) is 1.00. The van der Waals surface area contributed by atoms with Gasteiger partial charge in [-0.05, 0) is 52.5 Å². The van der Waals surface area contributed by atoms with Crippen molar-refractivity contribution >= 4 is 16.9 Å². The van der Waals surface area contributed by atoms with Crippen molar-refractivity contribution in [2.45, 2.75) is 85.0 Å². The summed E-state index contributed by atoms with van der Waals surface area (Å²) < 4.78 is 22.2. The molecule has 0 amide bonds. The van der Waals surface area contributed by atoms with E-state index >= 15 is 0 Å². The SMILES string of the molecule is CCCOCC1CO1.CCC[Si](C)(C)O[Si](C)(C)OC(C)C. The number of rotatable bonds is 10. The minimum Gasteiger partial charge on any atom is -0.436 e. The summed E-state index contributed by atoms with van der Waals surface area (Å²) in [6.07, 6.45) is 3.03. The van der Waals surface area contributed by atoms with Crippen molar-refractivity contribution in [3.63, 3.8) is 0 Å². The Morgan fingerprint density at radius 3 is 2.09 bits per heavy atom. The third-order valence-electron chi connectivity index (χ3n) is 2.95. The molecule has 0 aromatic heterocycles. The molecule has 134 valence electrons. The highest BCUT2D eigenvalue weighted by atomic mass is 28.4. The van der Waals surface area contributed by atoms with E-state index in [1.165, 1.54) is 12.5 Å². The van der Waals surface area contributed by atoms with Gasteiger partial charge in [0.05, 0.1) is 13.2 Å². The van der Waals surface area contributed by atoms with Crippen LogP contribution in [0.1, 0.15) is 40.5 Å². The number of hydrogen-bond acceptors (Lipinski definition) is 4. The predicted octanol–water partition coefficient (Wildman–Crippen LogP) is 4.56. The van der Waals surface area contributed by atoms with Crippen molar-refractivity contribution in [2.24, 2.45) is 0 Å². The highest BCUT2D eigenvalue weighted by molar-refractivity contribution is 6.82. The first-order chi connectivity index (χ1) is 10.1. The molecule has 1 aliphatic rings. The second kappa shape index (κ2) is 10.9. The average molecular weight is 351 g/mol. The molecule has 0 radical (unpaired) electrons. The number of hydrogen-bond donors (Lipinski definition) is 0. The highest BCUT2D eigenvalue weighted by Gasteiger charge is 2.34. The molecule has 1 unspecified atom stereocenters. The normalized spacial score (nSPS) is 18.1. The van der Waals surface area contributed by atoms with E-state index in [0.717, 1.165) is 26.2 Å². The molecule has 0 N–H and O–H groups in total. The van der Waals surface area contributed by atoms with Crippen LogP contribution in [0.3, 0.4) is 0 Å². The summed E-state index contributed by atoms with van der Waals surface area (Å²) in [6, 6.07) is 1.23. The Kier molecular flexibility index (Phi) is 11.1. The van der Waals surface area contributed by atoms with Gasteiger partial charge in [0.2, 0.25) is 0 Å². The van der Waals surface area contributed by atoms with Gasteiger partial charge in [-0.3, -0.25) is 0 Å². The van der Waals surface area contributed by atoms with Crippen molar-refractivity contribution in [1.29, 1.82) is 0 Å². The van der Waals surface area contributed by atoms with Crippen molar-refractivity contribution in [2.75, 3.05) is 19.8 Å². The average Bonchev–Trinajstić information content (AvgIpc) is 3.10. The van der Waals surface area contributed by atoms with E-state index in [1.807, 2.05) is 0 Å². The van der Waals surface area contributed by atoms with E-state index < -0.39 is 16.9 Å². The lowest BCUT2D eigenvalue weighted by atomic mass is 10.5. The maximum Gasteiger partial charge on any atom is 0.321 e. The molecule has 0 bridgehead atoms. The smallest absolute Gasteiger partial charge is 0.321 e. The van der Waals surface area contributed by atoms with Crippen LogP contribution in [-0.2, 0) is 18.0 Å². The van der Waals surface area contributed by atoms with Gasteiger partial charge in [-0.2, -0.15) is 0 Å². The molecule has 1 rings (SSSR count). The molecule has 1 saturated heterocycles. The van der Waals surface area contributed by atoms with Crippen LogP contribution < -0.4 is 0 Å². The zero-order valence-corrected chi connectivity index (χ0v) is 18.0. The van der Waals surface area contributed by atoms with Crippen molar-refractivity contribution in [3.8, 4) is 0 Å². The first kappa shape index (κ1) is 22.3. The van der Waals surface area contributed by atoms with Crippen LogP contribution in [0.2, 0.25) is 32.2 Å². The van der Waals surface area contributed by atoms with E-state index in [-0.39, 0.29) is 6.10 Å². The van der Waals surface area contributed by atoms with Gasteiger partial charge in [0, 0.05) is 12.7 Å². The highest BCUT2D eigenvalue weighted by Crippen LogP contribution is 2.21. The Morgan fingerprint density at radius 2 is 1.68 bits per heavy atom. The standard InChI is InChI=1S/C10H26O2Si2.C6H12O2/c1-8-9-13(4,5)12-14(6,7)11-10(2)3;1-2-3-7-4-6-5-8-6/h10H,8-9H2,1-7H3;6H,2-5H2,1H3. The predicted molar refractivity (Wildman–Crippen MR) is 98.2 cm³/mol. The largest absolute Gasteiger partial charge is 0.436 e. The minimum atomic E-state index is -1.88. The lowest BCUT2D eigenvalue weighted by molar-refractivity contribution is 0.117. The van der Waals surface area contributed by atoms with Crippen LogP contribution in [0.25, 0.3) is 0 Å². The summed E-state index contributed by atoms with van der Waals surface area (Å²) in [5, 5.41) is 0. The zero-order chi connectivity index (χ0) is 17.2. The quantitative estimate of drug-likeness (QED) is 0.329. The molecule has 22 heavy (non-hydrogen) atoms. The summed E-state index contributed by atoms with van der Waals surface area (Å²) >= 11 is 0. The molecular weight excluding hydrogens is 312 g/mol. The molecule has 1 atom stereocenters. The Morgan fingerprint density at radius 1 is 1.09 bits per heavy atom. The van der Waals surface area contributed by atoms with Gasteiger partial charge in [0.25, 0.3) is 0 Å². The third-order valence-corrected chi connectivity index (χ3v) is 9.87. The van der Waals surface area contributed by atoms with Crippen LogP contribution in [0.4, 0.5) is 0 Å². The van der Waals surface area contributed by atoms with Crippen LogP contribution in [0, 0.1) is 0 Å². The lowest BCUT2D eigenvalue weighted by Crippen LogP contribution is -2.47. The first-order valence-corrected chi connectivity index (χ1v) is 14.6. The van der Waals surface area contributed by atoms with Gasteiger partial charge < -0.3 is 18.0 Å². The second-order valence-electron chi connectivity index (χ2n) is 7.21. The van der Waals surface area contributed by atoms with Crippen molar-refractivity contribution < 1.29 is 18.0 Å². The molecule has 1 aliphatic heterocycles. The maximum absolute atomic E-state index is 6.23. The van der Waals surface area contributed by atoms with E-state index in [9.17, 15) is 0 Å². The fourth-order valence-corrected chi connectivity index (χ4v) is 10.7. The maximum atomic E-state index is 6.23. The molecule has 0 aromatic rings. The van der Waals surface area contributed by atoms with E-state index in [1.54, 1.807) is 0 Å². The monoisotopic (exact) mass is 350 g/mol. The van der Waals surface area contributed by atoms with Gasteiger partial charge in [0.1, 0.15) is 6.10 Å². The summed E-state index contributed by atoms with van der Waals surface area (Å²) in [5.74, 6) is 0. The minimum absolute atomic E-state index is 0.281. The Balaban J connectivity index is 0.000000461. The molecule has 0 aliphatic carbocycles. The number of epoxide rings is 1. The van der Waals surface area contributed by atoms with Crippen LogP contribution in [-0.4, -0.2) is 48.9 Å². The summed E-state index contributed by atoms with van der Waals surface area (Å²) in [5.41, 5.74) is 0. The molecule has 4 nitrogen and oxygen atoms in total. The molecule has 0 aromatic carbocycles. The van der Waals surface area contributed by atoms with E-state index in [2.05, 4.69) is 53.9 Å². The number of ether oxygens (including phenoxy) is 2. The van der Waals surface area contributed by atoms with Gasteiger partial charge in [0.15, 0.2) is 8.32 Å². The molecule has 0 saturated carbocycles. The topological polar surface area (TPSA) is 40.2 Å².